The number of carbonyl (C=O) groups excluding carboxylic acids is 2. The summed E-state index contributed by atoms with van der Waals surface area (Å²) in [6.45, 7) is 9.19. The molecule has 1 atom stereocenters. The zero-order valence-corrected chi connectivity index (χ0v) is 23.2. The minimum absolute atomic E-state index is 0.102. The quantitative estimate of drug-likeness (QED) is 0.428. The van der Waals surface area contributed by atoms with Crippen molar-refractivity contribution in [3.8, 4) is 17.8 Å². The van der Waals surface area contributed by atoms with Gasteiger partial charge in [-0.3, -0.25) is 9.59 Å². The second-order valence-electron chi connectivity index (χ2n) is 10.1. The fraction of sp³-hybridized carbons (Fsp3) is 0.296. The minimum Gasteiger partial charge on any atom is -0.465 e. The van der Waals surface area contributed by atoms with Gasteiger partial charge in [0.1, 0.15) is 11.3 Å². The first-order chi connectivity index (χ1) is 17.9. The molecule has 2 N–H and O–H groups in total. The number of carbonyl (C=O) groups is 2. The molecule has 1 aromatic carbocycles. The van der Waals surface area contributed by atoms with E-state index in [4.69, 9.17) is 16.3 Å². The molecule has 2 amide bonds. The molecule has 0 saturated heterocycles. The lowest BCUT2D eigenvalue weighted by atomic mass is 10.0. The molecule has 11 heteroatoms. The fourth-order valence-electron chi connectivity index (χ4n) is 3.80. The highest BCUT2D eigenvalue weighted by Crippen LogP contribution is 2.31. The van der Waals surface area contributed by atoms with Crippen LogP contribution >= 0.6 is 23.4 Å². The van der Waals surface area contributed by atoms with Gasteiger partial charge in [-0.25, -0.2) is 9.67 Å². The summed E-state index contributed by atoms with van der Waals surface area (Å²) >= 11 is 8.01. The number of anilines is 1. The van der Waals surface area contributed by atoms with Crippen LogP contribution in [0.4, 0.5) is 5.69 Å². The molecule has 4 rings (SSSR count). The number of aryl methyl sites for hydroxylation is 1. The Morgan fingerprint density at radius 1 is 1.26 bits per heavy atom. The average Bonchev–Trinajstić information content (AvgIpc) is 3.45. The molecule has 2 aromatic heterocycles. The second-order valence-corrected chi connectivity index (χ2v) is 11.4. The van der Waals surface area contributed by atoms with Crippen molar-refractivity contribution in [2.45, 2.75) is 45.8 Å². The molecular formula is C27H27ClN6O3S. The lowest BCUT2D eigenvalue weighted by molar-refractivity contribution is 0.0920. The standard InChI is InChI=1S/C27H27ClN6O3S/c1-16-11-17(14-29)12-18(24(35)32-26(2,3)4)22(16)31-25(36)20-13-21(37-27(5)8-10-38-15-27)33-34(20)23-19(28)7-6-9-30-23/h6-13H,15H2,1-5H3,(H,31,36)(H,32,35). The first-order valence-electron chi connectivity index (χ1n) is 11.8. The number of amides is 2. The Labute approximate surface area is 230 Å². The molecule has 0 spiro atoms. The summed E-state index contributed by atoms with van der Waals surface area (Å²) in [6, 6.07) is 9.95. The number of nitriles is 1. The van der Waals surface area contributed by atoms with E-state index >= 15 is 0 Å². The molecule has 0 aliphatic carbocycles. The Hall–Kier alpha value is -3.81. The van der Waals surface area contributed by atoms with E-state index < -0.39 is 23.0 Å². The normalized spacial score (nSPS) is 16.7. The molecule has 1 unspecified atom stereocenters. The highest BCUT2D eigenvalue weighted by atomic mass is 35.5. The molecule has 0 radical (unpaired) electrons. The van der Waals surface area contributed by atoms with Crippen molar-refractivity contribution in [2.24, 2.45) is 0 Å². The van der Waals surface area contributed by atoms with Crippen molar-refractivity contribution >= 4 is 40.9 Å². The number of halogens is 1. The van der Waals surface area contributed by atoms with Crippen molar-refractivity contribution in [1.29, 1.82) is 5.26 Å². The predicted octanol–water partition coefficient (Wildman–Crippen LogP) is 5.28. The van der Waals surface area contributed by atoms with E-state index in [0.717, 1.165) is 0 Å². The van der Waals surface area contributed by atoms with Crippen LogP contribution in [0.25, 0.3) is 5.82 Å². The number of benzene rings is 1. The second kappa shape index (κ2) is 10.5. The summed E-state index contributed by atoms with van der Waals surface area (Å²) < 4.78 is 7.44. The zero-order chi connectivity index (χ0) is 27.7. The maximum Gasteiger partial charge on any atom is 0.274 e. The molecule has 0 saturated carbocycles. The summed E-state index contributed by atoms with van der Waals surface area (Å²) in [5.41, 5.74) is 0.284. The molecule has 196 valence electrons. The van der Waals surface area contributed by atoms with Crippen molar-refractivity contribution < 1.29 is 14.3 Å². The van der Waals surface area contributed by atoms with E-state index in [1.165, 1.54) is 16.8 Å². The van der Waals surface area contributed by atoms with Crippen LogP contribution in [-0.4, -0.2) is 43.5 Å². The van der Waals surface area contributed by atoms with Gasteiger partial charge in [-0.2, -0.15) is 5.26 Å². The molecule has 9 nitrogen and oxygen atoms in total. The lowest BCUT2D eigenvalue weighted by Crippen LogP contribution is -2.41. The van der Waals surface area contributed by atoms with Gasteiger partial charge in [-0.1, -0.05) is 11.6 Å². The first-order valence-corrected chi connectivity index (χ1v) is 13.2. The minimum atomic E-state index is -0.590. The van der Waals surface area contributed by atoms with E-state index in [9.17, 15) is 14.9 Å². The third kappa shape index (κ3) is 6.01. The van der Waals surface area contributed by atoms with E-state index in [-0.39, 0.29) is 28.6 Å². The van der Waals surface area contributed by atoms with Crippen LogP contribution in [-0.2, 0) is 0 Å². The summed E-state index contributed by atoms with van der Waals surface area (Å²) in [5, 5.41) is 21.9. The molecule has 38 heavy (non-hydrogen) atoms. The van der Waals surface area contributed by atoms with E-state index in [1.54, 1.807) is 43.1 Å². The van der Waals surface area contributed by atoms with Gasteiger partial charge in [-0.05, 0) is 75.9 Å². The van der Waals surface area contributed by atoms with Gasteiger partial charge in [-0.15, -0.1) is 16.9 Å². The molecular weight excluding hydrogens is 524 g/mol. The van der Waals surface area contributed by atoms with Crippen LogP contribution in [0.1, 0.15) is 59.7 Å². The zero-order valence-electron chi connectivity index (χ0n) is 21.6. The maximum absolute atomic E-state index is 13.7. The van der Waals surface area contributed by atoms with Gasteiger partial charge >= 0.3 is 0 Å². The summed E-state index contributed by atoms with van der Waals surface area (Å²) in [4.78, 5) is 31.1. The third-order valence-corrected chi connectivity index (χ3v) is 6.88. The predicted molar refractivity (Wildman–Crippen MR) is 148 cm³/mol. The van der Waals surface area contributed by atoms with Gasteiger partial charge in [0.25, 0.3) is 11.8 Å². The largest absolute Gasteiger partial charge is 0.465 e. The summed E-state index contributed by atoms with van der Waals surface area (Å²) in [7, 11) is 0. The molecule has 3 aromatic rings. The number of rotatable bonds is 6. The fourth-order valence-corrected chi connectivity index (χ4v) is 4.97. The Morgan fingerprint density at radius 3 is 2.66 bits per heavy atom. The molecule has 1 aliphatic heterocycles. The van der Waals surface area contributed by atoms with Crippen molar-refractivity contribution in [1.82, 2.24) is 20.1 Å². The van der Waals surface area contributed by atoms with Gasteiger partial charge in [0.15, 0.2) is 5.82 Å². The highest BCUT2D eigenvalue weighted by Gasteiger charge is 2.30. The number of nitrogens with zero attached hydrogens (tertiary/aromatic N) is 4. The van der Waals surface area contributed by atoms with Gasteiger partial charge < -0.3 is 15.4 Å². The van der Waals surface area contributed by atoms with Crippen LogP contribution in [0.5, 0.6) is 5.88 Å². The van der Waals surface area contributed by atoms with Crippen molar-refractivity contribution in [3.63, 3.8) is 0 Å². The SMILES string of the molecule is Cc1cc(C#N)cc(C(=O)NC(C)(C)C)c1NC(=O)c1cc(OC2(C)C=CSC2)nn1-c1ncccc1Cl. The Morgan fingerprint density at radius 2 is 2.03 bits per heavy atom. The third-order valence-electron chi connectivity index (χ3n) is 5.52. The topological polar surface area (TPSA) is 122 Å². The monoisotopic (exact) mass is 550 g/mol. The number of hydrogen-bond donors (Lipinski definition) is 2. The van der Waals surface area contributed by atoms with E-state index in [2.05, 4.69) is 26.8 Å². The van der Waals surface area contributed by atoms with Crippen LogP contribution in [0, 0.1) is 18.3 Å². The Bertz CT molecular complexity index is 1490. The highest BCUT2D eigenvalue weighted by molar-refractivity contribution is 8.02. The van der Waals surface area contributed by atoms with Gasteiger partial charge in [0, 0.05) is 23.6 Å². The summed E-state index contributed by atoms with van der Waals surface area (Å²) in [6.07, 6.45) is 3.48. The average molecular weight is 551 g/mol. The number of pyridine rings is 1. The Kier molecular flexibility index (Phi) is 7.54. The number of thioether (sulfide) groups is 1. The van der Waals surface area contributed by atoms with Crippen molar-refractivity contribution in [2.75, 3.05) is 11.1 Å². The number of hydrogen-bond acceptors (Lipinski definition) is 7. The van der Waals surface area contributed by atoms with Crippen molar-refractivity contribution in [3.05, 3.63) is 75.4 Å². The summed E-state index contributed by atoms with van der Waals surface area (Å²) in [5.74, 6) is 0.180. The van der Waals surface area contributed by atoms with Gasteiger partial charge in [0.05, 0.1) is 27.9 Å². The maximum atomic E-state index is 13.7. The van der Waals surface area contributed by atoms with Crippen LogP contribution in [0.3, 0.4) is 0 Å². The van der Waals surface area contributed by atoms with Crippen LogP contribution < -0.4 is 15.4 Å². The van der Waals surface area contributed by atoms with E-state index in [0.29, 0.717) is 21.9 Å². The van der Waals surface area contributed by atoms with Crippen LogP contribution in [0.2, 0.25) is 5.02 Å². The molecule has 0 bridgehead atoms. The van der Waals surface area contributed by atoms with Gasteiger partial charge in [0.2, 0.25) is 5.88 Å². The molecule has 1 aliphatic rings. The molecule has 3 heterocycles. The first kappa shape index (κ1) is 27.2. The van der Waals surface area contributed by atoms with E-state index in [1.807, 2.05) is 39.2 Å². The number of aromatic nitrogens is 3. The lowest BCUT2D eigenvalue weighted by Gasteiger charge is -2.22. The smallest absolute Gasteiger partial charge is 0.274 e. The van der Waals surface area contributed by atoms with Crippen LogP contribution in [0.15, 0.2) is 48.0 Å². The number of nitrogens with one attached hydrogen (secondary N) is 2. The number of ether oxygens (including phenoxy) is 1. The Balaban J connectivity index is 1.76. The molecule has 0 fully saturated rings.